The van der Waals surface area contributed by atoms with Crippen molar-refractivity contribution in [1.82, 2.24) is 19.7 Å². The molecule has 4 aromatic rings. The second kappa shape index (κ2) is 11.4. The van der Waals surface area contributed by atoms with Gasteiger partial charge in [-0.15, -0.1) is 0 Å². The highest BCUT2D eigenvalue weighted by molar-refractivity contribution is 5.81. The minimum Gasteiger partial charge on any atom is -0.496 e. The van der Waals surface area contributed by atoms with Gasteiger partial charge in [-0.05, 0) is 29.8 Å². The van der Waals surface area contributed by atoms with Crippen LogP contribution in [0.15, 0.2) is 64.5 Å². The Hall–Kier alpha value is -4.99. The molecular weight excluding hydrogens is 506 g/mol. The van der Waals surface area contributed by atoms with E-state index in [9.17, 15) is 27.6 Å². The molecule has 0 unspecified atom stereocenters. The molecule has 0 saturated heterocycles. The zero-order valence-electron chi connectivity index (χ0n) is 19.7. The molecule has 0 spiro atoms. The SMILES string of the molecule is COc1ccc(C=NNc2nc(-c3ccccc3)c(C#N)c(=O)[nH]2)cc1Cn1nc(C(F)F)cc1C(F)F. The Bertz CT molecular complexity index is 1560. The first-order chi connectivity index (χ1) is 18.3. The van der Waals surface area contributed by atoms with Crippen LogP contribution in [-0.2, 0) is 6.54 Å². The number of aromatic nitrogens is 4. The van der Waals surface area contributed by atoms with Gasteiger partial charge in [0.1, 0.15) is 28.8 Å². The number of methoxy groups -OCH3 is 1. The average molecular weight is 525 g/mol. The number of hydrogen-bond acceptors (Lipinski definition) is 7. The summed E-state index contributed by atoms with van der Waals surface area (Å²) in [6, 6.07) is 16.0. The number of alkyl halides is 4. The van der Waals surface area contributed by atoms with Crippen LogP contribution >= 0.6 is 0 Å². The first kappa shape index (κ1) is 26.1. The number of anilines is 1. The number of rotatable bonds is 9. The Morgan fingerprint density at radius 2 is 1.92 bits per heavy atom. The monoisotopic (exact) mass is 525 g/mol. The van der Waals surface area contributed by atoms with E-state index in [1.807, 2.05) is 6.07 Å². The molecule has 0 aliphatic heterocycles. The number of H-pyrrole nitrogens is 1. The van der Waals surface area contributed by atoms with E-state index in [2.05, 4.69) is 25.6 Å². The number of hydrazone groups is 1. The van der Waals surface area contributed by atoms with Gasteiger partial charge in [-0.1, -0.05) is 30.3 Å². The number of benzene rings is 2. The van der Waals surface area contributed by atoms with Gasteiger partial charge >= 0.3 is 0 Å². The molecule has 0 bridgehead atoms. The third-order valence-corrected chi connectivity index (χ3v) is 5.36. The van der Waals surface area contributed by atoms with E-state index in [0.717, 1.165) is 4.68 Å². The van der Waals surface area contributed by atoms with Crippen LogP contribution in [0.2, 0.25) is 0 Å². The molecule has 194 valence electrons. The zero-order valence-corrected chi connectivity index (χ0v) is 19.7. The molecule has 2 aromatic carbocycles. The zero-order chi connectivity index (χ0) is 27.2. The third-order valence-electron chi connectivity index (χ3n) is 5.36. The van der Waals surface area contributed by atoms with Crippen LogP contribution in [0, 0.1) is 11.3 Å². The molecule has 0 aliphatic carbocycles. The summed E-state index contributed by atoms with van der Waals surface area (Å²) < 4.78 is 58.9. The lowest BCUT2D eigenvalue weighted by atomic mass is 10.1. The molecule has 0 fully saturated rings. The first-order valence-electron chi connectivity index (χ1n) is 11.0. The highest BCUT2D eigenvalue weighted by atomic mass is 19.3. The molecule has 2 N–H and O–H groups in total. The summed E-state index contributed by atoms with van der Waals surface area (Å²) in [5.74, 6) is 0.311. The fourth-order valence-electron chi connectivity index (χ4n) is 3.63. The lowest BCUT2D eigenvalue weighted by Gasteiger charge is -2.12. The fourth-order valence-corrected chi connectivity index (χ4v) is 3.63. The van der Waals surface area contributed by atoms with Crippen molar-refractivity contribution in [3.05, 3.63) is 93.0 Å². The van der Waals surface area contributed by atoms with E-state index in [0.29, 0.717) is 28.5 Å². The fraction of sp³-hybridized carbons (Fsp3) is 0.160. The molecule has 9 nitrogen and oxygen atoms in total. The highest BCUT2D eigenvalue weighted by Gasteiger charge is 2.22. The van der Waals surface area contributed by atoms with E-state index in [-0.39, 0.29) is 23.8 Å². The molecule has 38 heavy (non-hydrogen) atoms. The molecule has 4 rings (SSSR count). The van der Waals surface area contributed by atoms with Crippen molar-refractivity contribution >= 4 is 12.2 Å². The van der Waals surface area contributed by atoms with Crippen LogP contribution < -0.4 is 15.7 Å². The average Bonchev–Trinajstić information content (AvgIpc) is 3.34. The van der Waals surface area contributed by atoms with Crippen molar-refractivity contribution in [2.75, 3.05) is 12.5 Å². The molecule has 0 amide bonds. The van der Waals surface area contributed by atoms with Crippen LogP contribution in [-0.4, -0.2) is 33.1 Å². The molecule has 0 radical (unpaired) electrons. The first-order valence-corrected chi connectivity index (χ1v) is 11.0. The summed E-state index contributed by atoms with van der Waals surface area (Å²) >= 11 is 0. The van der Waals surface area contributed by atoms with Crippen LogP contribution in [0.4, 0.5) is 23.5 Å². The van der Waals surface area contributed by atoms with E-state index < -0.39 is 29.8 Å². The summed E-state index contributed by atoms with van der Waals surface area (Å²) in [5, 5.41) is 17.0. The van der Waals surface area contributed by atoms with Crippen LogP contribution in [0.25, 0.3) is 11.3 Å². The molecule has 13 heteroatoms. The van der Waals surface area contributed by atoms with Crippen LogP contribution in [0.5, 0.6) is 5.75 Å². The predicted molar refractivity (Wildman–Crippen MR) is 130 cm³/mol. The van der Waals surface area contributed by atoms with Crippen molar-refractivity contribution in [3.63, 3.8) is 0 Å². The van der Waals surface area contributed by atoms with Gasteiger partial charge < -0.3 is 4.74 Å². The molecule has 0 aliphatic rings. The number of halogens is 4. The molecule has 2 heterocycles. The minimum absolute atomic E-state index is 0.0181. The van der Waals surface area contributed by atoms with Gasteiger partial charge in [0.2, 0.25) is 5.95 Å². The maximum absolute atomic E-state index is 13.4. The molecular formula is C25H19F4N7O2. The maximum atomic E-state index is 13.4. The quantitative estimate of drug-likeness (QED) is 0.183. The molecule has 0 saturated carbocycles. The van der Waals surface area contributed by atoms with Crippen LogP contribution in [0.1, 0.15) is 40.9 Å². The number of aromatic amines is 1. The summed E-state index contributed by atoms with van der Waals surface area (Å²) in [6.07, 6.45) is -4.63. The van der Waals surface area contributed by atoms with Gasteiger partial charge in [-0.25, -0.2) is 28.0 Å². The number of nitrogens with one attached hydrogen (secondary N) is 2. The Morgan fingerprint density at radius 1 is 1.16 bits per heavy atom. The number of hydrogen-bond donors (Lipinski definition) is 2. The van der Waals surface area contributed by atoms with Gasteiger partial charge in [0, 0.05) is 11.1 Å². The lowest BCUT2D eigenvalue weighted by Crippen LogP contribution is -2.16. The molecule has 0 atom stereocenters. The van der Waals surface area contributed by atoms with Crippen molar-refractivity contribution in [3.8, 4) is 23.1 Å². The standard InChI is InChI=1S/C25H19F4N7O2/c1-38-20-8-7-14(9-16(20)13-36-19(23(28)29)10-18(35-36)22(26)27)12-31-34-25-32-21(15-5-3-2-4-6-15)17(11-30)24(37)33-25/h2-10,12,22-23H,13H2,1H3,(H2,32,33,34,37). The van der Waals surface area contributed by atoms with Crippen molar-refractivity contribution in [2.45, 2.75) is 19.4 Å². The summed E-state index contributed by atoms with van der Waals surface area (Å²) in [6.45, 7) is -0.254. The Kier molecular flexibility index (Phi) is 7.81. The second-order valence-corrected chi connectivity index (χ2v) is 7.81. The Labute approximate surface area is 213 Å². The minimum atomic E-state index is -3.00. The topological polar surface area (TPSA) is 121 Å². The van der Waals surface area contributed by atoms with Crippen molar-refractivity contribution in [2.24, 2.45) is 5.10 Å². The smallest absolute Gasteiger partial charge is 0.282 e. The summed E-state index contributed by atoms with van der Waals surface area (Å²) in [4.78, 5) is 19.1. The van der Waals surface area contributed by atoms with E-state index in [1.165, 1.54) is 13.3 Å². The van der Waals surface area contributed by atoms with Gasteiger partial charge in [-0.2, -0.15) is 15.5 Å². The van der Waals surface area contributed by atoms with Crippen molar-refractivity contribution < 1.29 is 22.3 Å². The highest BCUT2D eigenvalue weighted by Crippen LogP contribution is 2.28. The Balaban J connectivity index is 1.59. The van der Waals surface area contributed by atoms with E-state index in [1.54, 1.807) is 48.5 Å². The van der Waals surface area contributed by atoms with Gasteiger partial charge in [-0.3, -0.25) is 14.5 Å². The number of nitrogens with zero attached hydrogens (tertiary/aromatic N) is 5. The van der Waals surface area contributed by atoms with Gasteiger partial charge in [0.05, 0.1) is 25.6 Å². The van der Waals surface area contributed by atoms with Crippen LogP contribution in [0.3, 0.4) is 0 Å². The summed E-state index contributed by atoms with van der Waals surface area (Å²) in [7, 11) is 1.38. The van der Waals surface area contributed by atoms with Gasteiger partial charge in [0.15, 0.2) is 0 Å². The van der Waals surface area contributed by atoms with E-state index >= 15 is 0 Å². The molecule has 2 aromatic heterocycles. The number of nitriles is 1. The van der Waals surface area contributed by atoms with Gasteiger partial charge in [0.25, 0.3) is 18.4 Å². The largest absolute Gasteiger partial charge is 0.496 e. The third kappa shape index (κ3) is 5.70. The normalized spacial score (nSPS) is 11.3. The number of ether oxygens (including phenoxy) is 1. The summed E-state index contributed by atoms with van der Waals surface area (Å²) in [5.41, 5.74) is 2.03. The predicted octanol–water partition coefficient (Wildman–Crippen LogP) is 4.88. The van der Waals surface area contributed by atoms with E-state index in [4.69, 9.17) is 4.74 Å². The Morgan fingerprint density at radius 3 is 2.58 bits per heavy atom. The second-order valence-electron chi connectivity index (χ2n) is 7.81. The lowest BCUT2D eigenvalue weighted by molar-refractivity contribution is 0.139. The maximum Gasteiger partial charge on any atom is 0.282 e. The van der Waals surface area contributed by atoms with Crippen molar-refractivity contribution in [1.29, 1.82) is 5.26 Å².